The highest BCUT2D eigenvalue weighted by Gasteiger charge is 2.13. The van der Waals surface area contributed by atoms with Crippen LogP contribution in [-0.2, 0) is 0 Å². The Hall–Kier alpha value is -1.78. The number of aromatic nitrogens is 1. The van der Waals surface area contributed by atoms with E-state index >= 15 is 0 Å². The van der Waals surface area contributed by atoms with E-state index in [1.54, 1.807) is 18.2 Å². The number of aromatic carboxylic acids is 1. The minimum atomic E-state index is -1.14. The Morgan fingerprint density at radius 3 is 2.72 bits per heavy atom. The van der Waals surface area contributed by atoms with Crippen LogP contribution in [0.2, 0.25) is 10.0 Å². The fourth-order valence-electron chi connectivity index (χ4n) is 1.52. The summed E-state index contributed by atoms with van der Waals surface area (Å²) in [5.41, 5.74) is 6.58. The number of benzene rings is 1. The van der Waals surface area contributed by atoms with Crippen LogP contribution in [0.5, 0.6) is 0 Å². The molecule has 0 aliphatic carbocycles. The third-order valence-electron chi connectivity index (χ3n) is 2.41. The van der Waals surface area contributed by atoms with Crippen LogP contribution < -0.4 is 5.73 Å². The van der Waals surface area contributed by atoms with E-state index in [9.17, 15) is 4.79 Å². The average molecular weight is 283 g/mol. The molecule has 0 spiro atoms. The second-order valence-electron chi connectivity index (χ2n) is 3.56. The lowest BCUT2D eigenvalue weighted by Crippen LogP contribution is -2.04. The van der Waals surface area contributed by atoms with Gasteiger partial charge in [-0.1, -0.05) is 35.3 Å². The van der Waals surface area contributed by atoms with E-state index in [0.717, 1.165) is 0 Å². The maximum Gasteiger partial charge on any atom is 0.339 e. The highest BCUT2D eigenvalue weighted by atomic mass is 35.5. The van der Waals surface area contributed by atoms with Crippen molar-refractivity contribution in [1.82, 2.24) is 4.98 Å². The Bertz CT molecular complexity index is 629. The van der Waals surface area contributed by atoms with Gasteiger partial charge in [-0.2, -0.15) is 0 Å². The van der Waals surface area contributed by atoms with Gasteiger partial charge < -0.3 is 10.8 Å². The van der Waals surface area contributed by atoms with Crippen molar-refractivity contribution in [3.63, 3.8) is 0 Å². The summed E-state index contributed by atoms with van der Waals surface area (Å²) in [4.78, 5) is 14.8. The number of nitrogens with zero attached hydrogens (tertiary/aromatic N) is 1. The average Bonchev–Trinajstić information content (AvgIpc) is 2.33. The molecule has 0 aliphatic heterocycles. The molecule has 0 amide bonds. The summed E-state index contributed by atoms with van der Waals surface area (Å²) in [6.07, 6.45) is 1.46. The topological polar surface area (TPSA) is 76.2 Å². The first-order valence-corrected chi connectivity index (χ1v) is 5.69. The van der Waals surface area contributed by atoms with E-state index in [1.807, 2.05) is 0 Å². The molecule has 1 aromatic heterocycles. The number of anilines is 1. The Labute approximate surface area is 113 Å². The van der Waals surface area contributed by atoms with Crippen LogP contribution in [-0.4, -0.2) is 16.1 Å². The van der Waals surface area contributed by atoms with Crippen molar-refractivity contribution in [1.29, 1.82) is 0 Å². The molecule has 92 valence electrons. The Morgan fingerprint density at radius 2 is 2.06 bits per heavy atom. The molecule has 2 rings (SSSR count). The number of hydrogen-bond donors (Lipinski definition) is 2. The van der Waals surface area contributed by atoms with Crippen LogP contribution >= 0.6 is 23.2 Å². The van der Waals surface area contributed by atoms with E-state index in [0.29, 0.717) is 21.2 Å². The van der Waals surface area contributed by atoms with Gasteiger partial charge >= 0.3 is 5.97 Å². The number of carboxylic acid groups (broad SMARTS) is 1. The largest absolute Gasteiger partial charge is 0.478 e. The summed E-state index contributed by atoms with van der Waals surface area (Å²) in [6.45, 7) is 0. The van der Waals surface area contributed by atoms with Crippen LogP contribution in [0.25, 0.3) is 11.1 Å². The van der Waals surface area contributed by atoms with Crippen molar-refractivity contribution in [2.45, 2.75) is 0 Å². The third-order valence-corrected chi connectivity index (χ3v) is 3.23. The normalized spacial score (nSPS) is 10.3. The van der Waals surface area contributed by atoms with Crippen molar-refractivity contribution in [2.24, 2.45) is 0 Å². The number of rotatable bonds is 2. The molecule has 0 atom stereocenters. The van der Waals surface area contributed by atoms with Crippen molar-refractivity contribution >= 4 is 35.0 Å². The molecule has 0 fully saturated rings. The summed E-state index contributed by atoms with van der Waals surface area (Å²) in [5, 5.41) is 9.72. The van der Waals surface area contributed by atoms with Crippen LogP contribution in [0, 0.1) is 0 Å². The molecular formula is C12H8Cl2N2O2. The minimum absolute atomic E-state index is 0.0376. The van der Waals surface area contributed by atoms with Crippen molar-refractivity contribution in [3.8, 4) is 11.1 Å². The molecule has 0 saturated heterocycles. The first-order chi connectivity index (χ1) is 8.50. The van der Waals surface area contributed by atoms with Gasteiger partial charge in [-0.3, -0.25) is 0 Å². The summed E-state index contributed by atoms with van der Waals surface area (Å²) >= 11 is 12.0. The maximum atomic E-state index is 11.0. The van der Waals surface area contributed by atoms with Crippen molar-refractivity contribution in [2.75, 3.05) is 5.73 Å². The van der Waals surface area contributed by atoms with E-state index in [-0.39, 0.29) is 11.4 Å². The Morgan fingerprint density at radius 1 is 1.33 bits per heavy atom. The lowest BCUT2D eigenvalue weighted by atomic mass is 10.1. The number of nitrogens with two attached hydrogens (primary N) is 1. The van der Waals surface area contributed by atoms with E-state index < -0.39 is 5.97 Å². The maximum absolute atomic E-state index is 11.0. The first-order valence-electron chi connectivity index (χ1n) is 4.94. The summed E-state index contributed by atoms with van der Waals surface area (Å²) < 4.78 is 0. The first kappa shape index (κ1) is 12.7. The molecule has 0 saturated carbocycles. The predicted octanol–water partition coefficient (Wildman–Crippen LogP) is 3.34. The van der Waals surface area contributed by atoms with Gasteiger partial charge in [-0.25, -0.2) is 9.78 Å². The second-order valence-corrected chi connectivity index (χ2v) is 4.35. The standard InChI is InChI=1S/C12H8Cl2N2O2/c13-9-3-1-2-7(10(9)14)6-4-8(12(17)18)11(15)16-5-6/h1-5H,(H2,15,16)(H,17,18). The molecule has 0 bridgehead atoms. The van der Waals surface area contributed by atoms with Gasteiger partial charge in [0.05, 0.1) is 10.0 Å². The number of halogens is 2. The van der Waals surface area contributed by atoms with Gasteiger partial charge in [-0.15, -0.1) is 0 Å². The lowest BCUT2D eigenvalue weighted by molar-refractivity contribution is 0.0698. The monoisotopic (exact) mass is 282 g/mol. The molecular weight excluding hydrogens is 275 g/mol. The van der Waals surface area contributed by atoms with Gasteiger partial charge in [0.1, 0.15) is 11.4 Å². The zero-order valence-corrected chi connectivity index (χ0v) is 10.5. The summed E-state index contributed by atoms with van der Waals surface area (Å²) in [6, 6.07) is 6.52. The van der Waals surface area contributed by atoms with Gasteiger partial charge in [0.15, 0.2) is 0 Å². The van der Waals surface area contributed by atoms with E-state index in [1.165, 1.54) is 12.3 Å². The zero-order valence-electron chi connectivity index (χ0n) is 9.02. The molecule has 18 heavy (non-hydrogen) atoms. The number of hydrogen-bond acceptors (Lipinski definition) is 3. The molecule has 4 nitrogen and oxygen atoms in total. The van der Waals surface area contributed by atoms with E-state index in [4.69, 9.17) is 34.0 Å². The summed E-state index contributed by atoms with van der Waals surface area (Å²) in [7, 11) is 0. The number of carboxylic acids is 1. The summed E-state index contributed by atoms with van der Waals surface area (Å²) in [5.74, 6) is -1.18. The predicted molar refractivity (Wildman–Crippen MR) is 71.1 cm³/mol. The molecule has 3 N–H and O–H groups in total. The minimum Gasteiger partial charge on any atom is -0.478 e. The number of carbonyl (C=O) groups is 1. The quantitative estimate of drug-likeness (QED) is 0.886. The van der Waals surface area contributed by atoms with Crippen LogP contribution in [0.4, 0.5) is 5.82 Å². The van der Waals surface area contributed by atoms with Gasteiger partial charge in [0, 0.05) is 17.3 Å². The molecule has 2 aromatic rings. The SMILES string of the molecule is Nc1ncc(-c2cccc(Cl)c2Cl)cc1C(=O)O. The fourth-order valence-corrected chi connectivity index (χ4v) is 1.93. The fraction of sp³-hybridized carbons (Fsp3) is 0. The molecule has 1 aromatic carbocycles. The molecule has 6 heteroatoms. The zero-order chi connectivity index (χ0) is 13.3. The lowest BCUT2D eigenvalue weighted by Gasteiger charge is -2.07. The Balaban J connectivity index is 2.62. The third kappa shape index (κ3) is 2.25. The van der Waals surface area contributed by atoms with Crippen LogP contribution in [0.3, 0.4) is 0 Å². The van der Waals surface area contributed by atoms with Crippen LogP contribution in [0.1, 0.15) is 10.4 Å². The molecule has 0 unspecified atom stereocenters. The molecule has 0 aliphatic rings. The van der Waals surface area contributed by atoms with Crippen LogP contribution in [0.15, 0.2) is 30.5 Å². The highest BCUT2D eigenvalue weighted by Crippen LogP contribution is 2.33. The van der Waals surface area contributed by atoms with Gasteiger partial charge in [0.2, 0.25) is 0 Å². The number of pyridine rings is 1. The molecule has 1 heterocycles. The Kier molecular flexibility index (Phi) is 3.41. The van der Waals surface area contributed by atoms with E-state index in [2.05, 4.69) is 4.98 Å². The molecule has 0 radical (unpaired) electrons. The van der Waals surface area contributed by atoms with Gasteiger partial charge in [0.25, 0.3) is 0 Å². The number of nitrogen functional groups attached to an aromatic ring is 1. The van der Waals surface area contributed by atoms with Crippen molar-refractivity contribution in [3.05, 3.63) is 46.1 Å². The van der Waals surface area contributed by atoms with Crippen molar-refractivity contribution < 1.29 is 9.90 Å². The van der Waals surface area contributed by atoms with Gasteiger partial charge in [-0.05, 0) is 12.1 Å². The second kappa shape index (κ2) is 4.84. The highest BCUT2D eigenvalue weighted by molar-refractivity contribution is 6.43. The smallest absolute Gasteiger partial charge is 0.339 e.